The highest BCUT2D eigenvalue weighted by atomic mass is 79.9. The zero-order valence-corrected chi connectivity index (χ0v) is 17.6. The van der Waals surface area contributed by atoms with Gasteiger partial charge in [-0.1, -0.05) is 33.6 Å². The molecule has 2 heterocycles. The molecule has 0 amide bonds. The molecule has 0 atom stereocenters. The van der Waals surface area contributed by atoms with Crippen molar-refractivity contribution in [2.24, 2.45) is 0 Å². The number of rotatable bonds is 5. The van der Waals surface area contributed by atoms with Crippen molar-refractivity contribution in [3.63, 3.8) is 0 Å². The quantitative estimate of drug-likeness (QED) is 0.371. The molecule has 0 aliphatic heterocycles. The summed E-state index contributed by atoms with van der Waals surface area (Å²) in [5.41, 5.74) is 2.51. The largest absolute Gasteiger partial charge is 0.486 e. The first-order valence-corrected chi connectivity index (χ1v) is 9.36. The van der Waals surface area contributed by atoms with E-state index in [4.69, 9.17) is 16.3 Å². The lowest BCUT2D eigenvalue weighted by atomic mass is 10.2. The van der Waals surface area contributed by atoms with Crippen molar-refractivity contribution in [2.75, 3.05) is 5.32 Å². The lowest BCUT2D eigenvalue weighted by Gasteiger charge is -2.11. The van der Waals surface area contributed by atoms with Gasteiger partial charge in [0.1, 0.15) is 24.5 Å². The van der Waals surface area contributed by atoms with Gasteiger partial charge in [0.15, 0.2) is 0 Å². The minimum absolute atomic E-state index is 0. The number of hydrogen-bond acceptors (Lipinski definition) is 5. The summed E-state index contributed by atoms with van der Waals surface area (Å²) in [5, 5.41) is 4.72. The van der Waals surface area contributed by atoms with Gasteiger partial charge in [0, 0.05) is 21.7 Å². The van der Waals surface area contributed by atoms with Gasteiger partial charge in [-0.15, -0.1) is 12.4 Å². The number of pyridine rings is 1. The van der Waals surface area contributed by atoms with Crippen molar-refractivity contribution in [1.29, 1.82) is 0 Å². The molecule has 0 spiro atoms. The Morgan fingerprint density at radius 3 is 2.68 bits per heavy atom. The molecule has 0 fully saturated rings. The van der Waals surface area contributed by atoms with Gasteiger partial charge < -0.3 is 10.1 Å². The monoisotopic (exact) mass is 476 g/mol. The Hall–Kier alpha value is -2.41. The number of fused-ring (bicyclic) bond motifs is 1. The summed E-state index contributed by atoms with van der Waals surface area (Å²) in [6, 6.07) is 17.1. The van der Waals surface area contributed by atoms with Gasteiger partial charge in [-0.05, 0) is 48.5 Å². The summed E-state index contributed by atoms with van der Waals surface area (Å²) in [6.07, 6.45) is 3.27. The van der Waals surface area contributed by atoms with E-state index in [1.54, 1.807) is 12.3 Å². The second kappa shape index (κ2) is 9.19. The van der Waals surface area contributed by atoms with Gasteiger partial charge in [0.25, 0.3) is 0 Å². The SMILES string of the molecule is Cl.Clc1cc(Nc2ncnc3ccc(Br)cc23)ccc1OCc1ccccn1. The van der Waals surface area contributed by atoms with E-state index in [2.05, 4.69) is 36.2 Å². The first kappa shape index (κ1) is 20.3. The number of nitrogens with zero attached hydrogens (tertiary/aromatic N) is 3. The van der Waals surface area contributed by atoms with Crippen molar-refractivity contribution in [2.45, 2.75) is 6.61 Å². The predicted molar refractivity (Wildman–Crippen MR) is 118 cm³/mol. The Balaban J connectivity index is 0.00000225. The topological polar surface area (TPSA) is 59.9 Å². The van der Waals surface area contributed by atoms with Crippen LogP contribution in [0, 0.1) is 0 Å². The molecule has 0 saturated heterocycles. The summed E-state index contributed by atoms with van der Waals surface area (Å²) < 4.78 is 6.72. The van der Waals surface area contributed by atoms with Gasteiger partial charge in [-0.25, -0.2) is 9.97 Å². The Bertz CT molecular complexity index is 1100. The van der Waals surface area contributed by atoms with Crippen LogP contribution in [0.2, 0.25) is 5.02 Å². The summed E-state index contributed by atoms with van der Waals surface area (Å²) in [4.78, 5) is 12.9. The van der Waals surface area contributed by atoms with Crippen molar-refractivity contribution in [3.8, 4) is 5.75 Å². The van der Waals surface area contributed by atoms with Crippen LogP contribution in [-0.2, 0) is 6.61 Å². The third-order valence-electron chi connectivity index (χ3n) is 3.89. The van der Waals surface area contributed by atoms with E-state index in [1.807, 2.05) is 48.5 Å². The maximum Gasteiger partial charge on any atom is 0.141 e. The third kappa shape index (κ3) is 4.70. The first-order chi connectivity index (χ1) is 13.2. The average Bonchev–Trinajstić information content (AvgIpc) is 2.69. The fraction of sp³-hybridized carbons (Fsp3) is 0.0500. The molecule has 0 saturated carbocycles. The van der Waals surface area contributed by atoms with Crippen LogP contribution in [-0.4, -0.2) is 15.0 Å². The Morgan fingerprint density at radius 1 is 1.00 bits per heavy atom. The fourth-order valence-corrected chi connectivity index (χ4v) is 3.19. The van der Waals surface area contributed by atoms with E-state index in [9.17, 15) is 0 Å². The average molecular weight is 478 g/mol. The summed E-state index contributed by atoms with van der Waals surface area (Å²) >= 11 is 9.86. The van der Waals surface area contributed by atoms with Gasteiger partial charge in [-0.3, -0.25) is 4.98 Å². The molecule has 0 bridgehead atoms. The molecule has 0 unspecified atom stereocenters. The smallest absolute Gasteiger partial charge is 0.141 e. The lowest BCUT2D eigenvalue weighted by Crippen LogP contribution is -1.99. The molecule has 4 rings (SSSR count). The van der Waals surface area contributed by atoms with Crippen LogP contribution in [0.4, 0.5) is 11.5 Å². The van der Waals surface area contributed by atoms with Crippen molar-refractivity contribution >= 4 is 62.3 Å². The summed E-state index contributed by atoms with van der Waals surface area (Å²) in [7, 11) is 0. The van der Waals surface area contributed by atoms with Crippen LogP contribution in [0.15, 0.2) is 71.6 Å². The number of halogens is 3. The molecule has 5 nitrogen and oxygen atoms in total. The van der Waals surface area contributed by atoms with E-state index < -0.39 is 0 Å². The molecule has 0 aliphatic carbocycles. The molecule has 0 aliphatic rings. The summed E-state index contributed by atoms with van der Waals surface area (Å²) in [5.74, 6) is 1.31. The second-order valence-electron chi connectivity index (χ2n) is 5.76. The highest BCUT2D eigenvalue weighted by Gasteiger charge is 2.08. The second-order valence-corrected chi connectivity index (χ2v) is 7.09. The van der Waals surface area contributed by atoms with Crippen LogP contribution in [0.25, 0.3) is 10.9 Å². The molecule has 2 aromatic heterocycles. The molecule has 142 valence electrons. The van der Waals surface area contributed by atoms with Gasteiger partial charge in [0.05, 0.1) is 16.2 Å². The highest BCUT2D eigenvalue weighted by Crippen LogP contribution is 2.31. The van der Waals surface area contributed by atoms with E-state index in [0.717, 1.165) is 26.8 Å². The van der Waals surface area contributed by atoms with Gasteiger partial charge >= 0.3 is 0 Å². The van der Waals surface area contributed by atoms with E-state index in [1.165, 1.54) is 6.33 Å². The minimum atomic E-state index is 0. The zero-order chi connectivity index (χ0) is 18.6. The molecule has 2 aromatic carbocycles. The fourth-order valence-electron chi connectivity index (χ4n) is 2.60. The Labute approximate surface area is 181 Å². The van der Waals surface area contributed by atoms with Gasteiger partial charge in [0.2, 0.25) is 0 Å². The Morgan fingerprint density at radius 2 is 1.89 bits per heavy atom. The number of ether oxygens (including phenoxy) is 1. The van der Waals surface area contributed by atoms with Crippen LogP contribution >= 0.6 is 39.9 Å². The lowest BCUT2D eigenvalue weighted by molar-refractivity contribution is 0.301. The number of anilines is 2. The number of benzene rings is 2. The van der Waals surface area contributed by atoms with E-state index in [0.29, 0.717) is 23.2 Å². The first-order valence-electron chi connectivity index (χ1n) is 8.18. The number of nitrogens with one attached hydrogen (secondary N) is 1. The molecule has 0 radical (unpaired) electrons. The van der Waals surface area contributed by atoms with E-state index >= 15 is 0 Å². The van der Waals surface area contributed by atoms with E-state index in [-0.39, 0.29) is 12.4 Å². The standard InChI is InChI=1S/C20H14BrClN4O.ClH/c21-13-4-6-18-16(9-13)20(25-12-24-18)26-14-5-7-19(17(22)10-14)27-11-15-3-1-2-8-23-15;/h1-10,12H,11H2,(H,24,25,26);1H. The zero-order valence-electron chi connectivity index (χ0n) is 14.5. The van der Waals surface area contributed by atoms with Crippen molar-refractivity contribution in [1.82, 2.24) is 15.0 Å². The van der Waals surface area contributed by atoms with Gasteiger partial charge in [-0.2, -0.15) is 0 Å². The van der Waals surface area contributed by atoms with Crippen LogP contribution in [0.1, 0.15) is 5.69 Å². The maximum absolute atomic E-state index is 6.38. The highest BCUT2D eigenvalue weighted by molar-refractivity contribution is 9.10. The van der Waals surface area contributed by atoms with Crippen LogP contribution < -0.4 is 10.1 Å². The summed E-state index contributed by atoms with van der Waals surface area (Å²) in [6.45, 7) is 0.359. The molecule has 8 heteroatoms. The minimum Gasteiger partial charge on any atom is -0.486 e. The number of hydrogen-bond donors (Lipinski definition) is 1. The van der Waals surface area contributed by atoms with Crippen LogP contribution in [0.5, 0.6) is 5.75 Å². The predicted octanol–water partition coefficient (Wildman–Crippen LogP) is 6.19. The molecular formula is C20H15BrCl2N4O. The van der Waals surface area contributed by atoms with Crippen molar-refractivity contribution in [3.05, 3.63) is 82.3 Å². The maximum atomic E-state index is 6.38. The normalized spacial score (nSPS) is 10.4. The molecule has 1 N–H and O–H groups in total. The number of aromatic nitrogens is 3. The molecular weight excluding hydrogens is 463 g/mol. The Kier molecular flexibility index (Phi) is 6.67. The van der Waals surface area contributed by atoms with Crippen molar-refractivity contribution < 1.29 is 4.74 Å². The molecule has 4 aromatic rings. The third-order valence-corrected chi connectivity index (χ3v) is 4.68. The van der Waals surface area contributed by atoms with Crippen LogP contribution in [0.3, 0.4) is 0 Å². The molecule has 28 heavy (non-hydrogen) atoms.